The van der Waals surface area contributed by atoms with Crippen LogP contribution in [-0.4, -0.2) is 9.97 Å². The van der Waals surface area contributed by atoms with Crippen molar-refractivity contribution in [1.82, 2.24) is 9.97 Å². The third-order valence-electron chi connectivity index (χ3n) is 3.08. The van der Waals surface area contributed by atoms with Crippen LogP contribution in [0.25, 0.3) is 0 Å². The topological polar surface area (TPSA) is 47.0 Å². The molecule has 0 unspecified atom stereocenters. The highest BCUT2D eigenvalue weighted by molar-refractivity contribution is 7.09. The molecule has 0 fully saturated rings. The minimum Gasteiger partial charge on any atom is -0.459 e. The van der Waals surface area contributed by atoms with Gasteiger partial charge in [0.05, 0.1) is 12.7 Å². The Morgan fingerprint density at radius 2 is 1.96 bits per heavy atom. The van der Waals surface area contributed by atoms with Crippen LogP contribution in [0.15, 0.2) is 41.9 Å². The van der Waals surface area contributed by atoms with E-state index in [1.807, 2.05) is 17.5 Å². The average molecular weight is 351 g/mol. The minimum absolute atomic E-state index is 0.0127. The van der Waals surface area contributed by atoms with Crippen LogP contribution in [0.3, 0.4) is 0 Å². The van der Waals surface area contributed by atoms with Crippen molar-refractivity contribution < 1.29 is 17.9 Å². The third-order valence-corrected chi connectivity index (χ3v) is 3.96. The van der Waals surface area contributed by atoms with Crippen LogP contribution in [0.5, 0.6) is 6.01 Å². The molecule has 4 nitrogen and oxygen atoms in total. The molecule has 0 aliphatic heterocycles. The molecule has 0 bridgehead atoms. The molecule has 124 valence electrons. The summed E-state index contributed by atoms with van der Waals surface area (Å²) < 4.78 is 45.0. The highest BCUT2D eigenvalue weighted by Crippen LogP contribution is 2.17. The van der Waals surface area contributed by atoms with Crippen LogP contribution in [0, 0.1) is 17.5 Å². The van der Waals surface area contributed by atoms with Gasteiger partial charge in [-0.05, 0) is 29.1 Å². The molecule has 24 heavy (non-hydrogen) atoms. The van der Waals surface area contributed by atoms with E-state index in [1.54, 1.807) is 0 Å². The molecule has 3 rings (SSSR count). The van der Waals surface area contributed by atoms with Crippen LogP contribution in [-0.2, 0) is 13.2 Å². The van der Waals surface area contributed by atoms with Gasteiger partial charge in [-0.2, -0.15) is 4.98 Å². The molecule has 0 amide bonds. The molecule has 0 spiro atoms. The van der Waals surface area contributed by atoms with Gasteiger partial charge in [-0.1, -0.05) is 12.1 Å². The maximum atomic E-state index is 13.7. The van der Waals surface area contributed by atoms with Crippen molar-refractivity contribution in [3.8, 4) is 6.01 Å². The maximum absolute atomic E-state index is 13.7. The molecule has 2 heterocycles. The Morgan fingerprint density at radius 1 is 1.08 bits per heavy atom. The van der Waals surface area contributed by atoms with E-state index in [0.29, 0.717) is 12.1 Å². The average Bonchev–Trinajstić information content (AvgIpc) is 3.09. The molecule has 1 aromatic carbocycles. The summed E-state index contributed by atoms with van der Waals surface area (Å²) in [5.74, 6) is -2.49. The van der Waals surface area contributed by atoms with Crippen molar-refractivity contribution >= 4 is 17.2 Å². The van der Waals surface area contributed by atoms with Crippen molar-refractivity contribution in [2.75, 3.05) is 5.32 Å². The van der Waals surface area contributed by atoms with Crippen molar-refractivity contribution in [1.29, 1.82) is 0 Å². The smallest absolute Gasteiger partial charge is 0.318 e. The van der Waals surface area contributed by atoms with Gasteiger partial charge in [0.25, 0.3) is 0 Å². The molecule has 1 N–H and O–H groups in total. The van der Waals surface area contributed by atoms with E-state index in [2.05, 4.69) is 15.3 Å². The van der Waals surface area contributed by atoms with Gasteiger partial charge in [0.1, 0.15) is 6.61 Å². The number of thiophene rings is 1. The monoisotopic (exact) mass is 351 g/mol. The van der Waals surface area contributed by atoms with Crippen LogP contribution in [0.4, 0.5) is 19.0 Å². The highest BCUT2D eigenvalue weighted by Gasteiger charge is 2.09. The van der Waals surface area contributed by atoms with Crippen molar-refractivity contribution in [2.45, 2.75) is 13.2 Å². The molecule has 0 radical (unpaired) electrons. The molecule has 0 aliphatic carbocycles. The summed E-state index contributed by atoms with van der Waals surface area (Å²) in [4.78, 5) is 8.69. The first-order valence-corrected chi connectivity index (χ1v) is 7.85. The fraction of sp³-hybridized carbons (Fsp3) is 0.125. The second-order valence-electron chi connectivity index (χ2n) is 4.82. The number of ether oxygens (including phenoxy) is 1. The van der Waals surface area contributed by atoms with Gasteiger partial charge in [-0.15, -0.1) is 11.3 Å². The van der Waals surface area contributed by atoms with Gasteiger partial charge in [-0.25, -0.2) is 18.2 Å². The Labute approximate surface area is 140 Å². The summed E-state index contributed by atoms with van der Waals surface area (Å²) in [7, 11) is 0. The number of hydrogen-bond acceptors (Lipinski definition) is 5. The number of hydrogen-bond donors (Lipinski definition) is 1. The van der Waals surface area contributed by atoms with Gasteiger partial charge in [-0.3, -0.25) is 0 Å². The zero-order valence-corrected chi connectivity index (χ0v) is 13.1. The standard InChI is InChI=1S/C16H12F3N3OS/c17-12-4-3-10(6-13(12)18)9-23-16-21-8-14(19)15(22-16)20-7-11-2-1-5-24-11/h1-6,8H,7,9H2,(H,20,21,22). The van der Waals surface area contributed by atoms with Crippen LogP contribution >= 0.6 is 11.3 Å². The lowest BCUT2D eigenvalue weighted by atomic mass is 10.2. The first-order chi connectivity index (χ1) is 11.6. The predicted molar refractivity (Wildman–Crippen MR) is 84.3 cm³/mol. The van der Waals surface area contributed by atoms with E-state index in [9.17, 15) is 13.2 Å². The third kappa shape index (κ3) is 4.02. The quantitative estimate of drug-likeness (QED) is 0.725. The lowest BCUT2D eigenvalue weighted by Crippen LogP contribution is -2.06. The SMILES string of the molecule is Fc1ccc(COc2ncc(F)c(NCc3cccs3)n2)cc1F. The molecule has 0 atom stereocenters. The normalized spacial score (nSPS) is 10.6. The summed E-state index contributed by atoms with van der Waals surface area (Å²) in [5.41, 5.74) is 0.412. The zero-order chi connectivity index (χ0) is 16.9. The van der Waals surface area contributed by atoms with E-state index in [1.165, 1.54) is 17.4 Å². The number of nitrogens with one attached hydrogen (secondary N) is 1. The number of nitrogens with zero attached hydrogens (tertiary/aromatic N) is 2. The lowest BCUT2D eigenvalue weighted by molar-refractivity contribution is 0.279. The Kier molecular flexibility index (Phi) is 4.95. The first kappa shape index (κ1) is 16.3. The van der Waals surface area contributed by atoms with E-state index < -0.39 is 17.5 Å². The molecular formula is C16H12F3N3OS. The van der Waals surface area contributed by atoms with Crippen LogP contribution in [0.1, 0.15) is 10.4 Å². The molecule has 3 aromatic rings. The number of benzene rings is 1. The van der Waals surface area contributed by atoms with Gasteiger partial charge in [0.15, 0.2) is 23.3 Å². The van der Waals surface area contributed by atoms with E-state index in [0.717, 1.165) is 23.2 Å². The largest absolute Gasteiger partial charge is 0.459 e. The fourth-order valence-corrected chi connectivity index (χ4v) is 2.55. The van der Waals surface area contributed by atoms with Crippen LogP contribution in [0.2, 0.25) is 0 Å². The number of rotatable bonds is 6. The van der Waals surface area contributed by atoms with E-state index in [4.69, 9.17) is 4.74 Å². The van der Waals surface area contributed by atoms with E-state index >= 15 is 0 Å². The minimum atomic E-state index is -0.963. The zero-order valence-electron chi connectivity index (χ0n) is 12.3. The molecular weight excluding hydrogens is 339 g/mol. The summed E-state index contributed by atoms with van der Waals surface area (Å²) >= 11 is 1.54. The summed E-state index contributed by atoms with van der Waals surface area (Å²) in [6.07, 6.45) is 0.990. The van der Waals surface area contributed by atoms with Gasteiger partial charge >= 0.3 is 6.01 Å². The number of anilines is 1. The maximum Gasteiger partial charge on any atom is 0.318 e. The van der Waals surface area contributed by atoms with Crippen molar-refractivity contribution in [3.63, 3.8) is 0 Å². The molecule has 2 aromatic heterocycles. The Morgan fingerprint density at radius 3 is 2.71 bits per heavy atom. The second-order valence-corrected chi connectivity index (χ2v) is 5.85. The summed E-state index contributed by atoms with van der Waals surface area (Å²) in [5, 5.41) is 4.79. The Balaban J connectivity index is 1.65. The fourth-order valence-electron chi connectivity index (χ4n) is 1.91. The van der Waals surface area contributed by atoms with Crippen molar-refractivity contribution in [2.24, 2.45) is 0 Å². The van der Waals surface area contributed by atoms with Gasteiger partial charge < -0.3 is 10.1 Å². The summed E-state index contributed by atoms with van der Waals surface area (Å²) in [6.45, 7) is 0.363. The van der Waals surface area contributed by atoms with Gasteiger partial charge in [0.2, 0.25) is 0 Å². The lowest BCUT2D eigenvalue weighted by Gasteiger charge is -2.08. The molecule has 0 saturated heterocycles. The Bertz CT molecular complexity index is 827. The Hall–Kier alpha value is -2.61. The van der Waals surface area contributed by atoms with Gasteiger partial charge in [0, 0.05) is 4.88 Å². The predicted octanol–water partition coefficient (Wildman–Crippen LogP) is 4.15. The number of aromatic nitrogens is 2. The molecule has 0 saturated carbocycles. The number of halogens is 3. The van der Waals surface area contributed by atoms with Crippen LogP contribution < -0.4 is 10.1 Å². The molecule has 8 heteroatoms. The second kappa shape index (κ2) is 7.31. The first-order valence-electron chi connectivity index (χ1n) is 6.97. The summed E-state index contributed by atoms with van der Waals surface area (Å²) in [6, 6.07) is 7.17. The highest BCUT2D eigenvalue weighted by atomic mass is 32.1. The van der Waals surface area contributed by atoms with Crippen molar-refractivity contribution in [3.05, 3.63) is 69.8 Å². The van der Waals surface area contributed by atoms with E-state index in [-0.39, 0.29) is 18.4 Å². The molecule has 0 aliphatic rings.